The minimum absolute atomic E-state index is 0.0645. The first-order chi connectivity index (χ1) is 12.6. The Hall–Kier alpha value is -2.44. The first kappa shape index (κ1) is 17.0. The van der Waals surface area contributed by atoms with E-state index in [9.17, 15) is 4.79 Å². The van der Waals surface area contributed by atoms with Crippen molar-refractivity contribution < 1.29 is 4.79 Å². The van der Waals surface area contributed by atoms with Gasteiger partial charge in [-0.1, -0.05) is 13.8 Å². The summed E-state index contributed by atoms with van der Waals surface area (Å²) in [5.74, 6) is 3.69. The summed E-state index contributed by atoms with van der Waals surface area (Å²) in [5, 5.41) is 2.91. The molecule has 4 heterocycles. The topological polar surface area (TPSA) is 86.8 Å². The van der Waals surface area contributed by atoms with Gasteiger partial charge >= 0.3 is 0 Å². The van der Waals surface area contributed by atoms with Gasteiger partial charge < -0.3 is 15.2 Å². The largest absolute Gasteiger partial charge is 0.356 e. The molecule has 0 saturated carbocycles. The van der Waals surface area contributed by atoms with E-state index >= 15 is 0 Å². The molecular formula is C19H26N6O. The van der Waals surface area contributed by atoms with Crippen molar-refractivity contribution in [1.29, 1.82) is 0 Å². The van der Waals surface area contributed by atoms with Crippen molar-refractivity contribution in [2.45, 2.75) is 45.4 Å². The molecule has 1 amide bonds. The van der Waals surface area contributed by atoms with Crippen LogP contribution in [0.5, 0.6) is 0 Å². The van der Waals surface area contributed by atoms with Crippen LogP contribution in [0.1, 0.15) is 60.3 Å². The van der Waals surface area contributed by atoms with Crippen molar-refractivity contribution >= 4 is 11.7 Å². The predicted octanol–water partition coefficient (Wildman–Crippen LogP) is 2.07. The average molecular weight is 354 g/mol. The molecule has 0 bridgehead atoms. The molecule has 2 aromatic heterocycles. The molecule has 26 heavy (non-hydrogen) atoms. The number of carbonyl (C=O) groups is 1. The number of rotatable bonds is 4. The van der Waals surface area contributed by atoms with E-state index in [1.54, 1.807) is 0 Å². The van der Waals surface area contributed by atoms with E-state index in [-0.39, 0.29) is 5.91 Å². The fraction of sp³-hybridized carbons (Fsp3) is 0.579. The first-order valence-corrected chi connectivity index (χ1v) is 9.54. The Morgan fingerprint density at radius 2 is 2.08 bits per heavy atom. The highest BCUT2D eigenvalue weighted by Gasteiger charge is 2.29. The number of imidazole rings is 1. The summed E-state index contributed by atoms with van der Waals surface area (Å²) < 4.78 is 0. The Morgan fingerprint density at radius 1 is 1.27 bits per heavy atom. The standard InChI is InChI=1S/C19H26N6O/c1-12(2)11-15-23-16-14(3-6-22-19(16)26)18(24-15)25-9-4-13(5-10-25)17-20-7-8-21-17/h7-8,12-13H,3-6,9-11H2,1-2H3,(H,20,21)(H,22,26). The molecular weight excluding hydrogens is 328 g/mol. The lowest BCUT2D eigenvalue weighted by atomic mass is 9.95. The van der Waals surface area contributed by atoms with Gasteiger partial charge in [-0.2, -0.15) is 0 Å². The van der Waals surface area contributed by atoms with Crippen LogP contribution in [-0.2, 0) is 12.8 Å². The van der Waals surface area contributed by atoms with Crippen LogP contribution in [0.3, 0.4) is 0 Å². The molecule has 2 aliphatic rings. The lowest BCUT2D eigenvalue weighted by Crippen LogP contribution is -2.39. The number of carbonyl (C=O) groups excluding carboxylic acids is 1. The molecule has 4 rings (SSSR count). The van der Waals surface area contributed by atoms with Crippen LogP contribution in [-0.4, -0.2) is 45.5 Å². The van der Waals surface area contributed by atoms with Crippen LogP contribution < -0.4 is 10.2 Å². The molecule has 7 nitrogen and oxygen atoms in total. The highest BCUT2D eigenvalue weighted by Crippen LogP contribution is 2.31. The van der Waals surface area contributed by atoms with E-state index in [1.165, 1.54) is 0 Å². The van der Waals surface area contributed by atoms with Gasteiger partial charge in [-0.05, 0) is 25.2 Å². The zero-order valence-corrected chi connectivity index (χ0v) is 15.5. The molecule has 0 aliphatic carbocycles. The molecule has 0 atom stereocenters. The second-order valence-electron chi connectivity index (χ2n) is 7.63. The number of fused-ring (bicyclic) bond motifs is 1. The van der Waals surface area contributed by atoms with E-state index < -0.39 is 0 Å². The number of aromatic nitrogens is 4. The van der Waals surface area contributed by atoms with Crippen molar-refractivity contribution in [2.75, 3.05) is 24.5 Å². The Bertz CT molecular complexity index is 778. The molecule has 1 fully saturated rings. The third-order valence-electron chi connectivity index (χ3n) is 5.20. The number of hydrogen-bond donors (Lipinski definition) is 2. The lowest BCUT2D eigenvalue weighted by molar-refractivity contribution is 0.0940. The fourth-order valence-corrected chi connectivity index (χ4v) is 3.90. The number of anilines is 1. The van der Waals surface area contributed by atoms with E-state index in [2.05, 4.69) is 39.0 Å². The summed E-state index contributed by atoms with van der Waals surface area (Å²) in [6, 6.07) is 0. The molecule has 138 valence electrons. The number of aromatic amines is 1. The van der Waals surface area contributed by atoms with E-state index in [0.717, 1.165) is 61.8 Å². The van der Waals surface area contributed by atoms with Crippen molar-refractivity contribution in [3.63, 3.8) is 0 Å². The van der Waals surface area contributed by atoms with Gasteiger partial charge in [0.1, 0.15) is 23.2 Å². The highest BCUT2D eigenvalue weighted by atomic mass is 16.1. The highest BCUT2D eigenvalue weighted by molar-refractivity contribution is 5.96. The number of hydrogen-bond acceptors (Lipinski definition) is 5. The van der Waals surface area contributed by atoms with Crippen molar-refractivity contribution in [1.82, 2.24) is 25.3 Å². The molecule has 0 radical (unpaired) electrons. The molecule has 2 N–H and O–H groups in total. The van der Waals surface area contributed by atoms with E-state index in [0.29, 0.717) is 24.1 Å². The zero-order valence-electron chi connectivity index (χ0n) is 15.5. The third kappa shape index (κ3) is 3.30. The number of amides is 1. The SMILES string of the molecule is CC(C)Cc1nc2c(c(N3CCC(c4ncc[nH]4)CC3)n1)CCNC2=O. The van der Waals surface area contributed by atoms with Gasteiger partial charge in [-0.15, -0.1) is 0 Å². The first-order valence-electron chi connectivity index (χ1n) is 9.54. The molecule has 0 unspecified atom stereocenters. The van der Waals surface area contributed by atoms with Crippen LogP contribution in [0.25, 0.3) is 0 Å². The summed E-state index contributed by atoms with van der Waals surface area (Å²) >= 11 is 0. The van der Waals surface area contributed by atoms with Crippen LogP contribution in [0.15, 0.2) is 12.4 Å². The third-order valence-corrected chi connectivity index (χ3v) is 5.20. The Balaban J connectivity index is 1.61. The summed E-state index contributed by atoms with van der Waals surface area (Å²) in [5.41, 5.74) is 1.59. The van der Waals surface area contributed by atoms with Gasteiger partial charge in [-0.3, -0.25) is 4.79 Å². The lowest BCUT2D eigenvalue weighted by Gasteiger charge is -2.34. The maximum Gasteiger partial charge on any atom is 0.270 e. The monoisotopic (exact) mass is 354 g/mol. The van der Waals surface area contributed by atoms with E-state index in [1.807, 2.05) is 12.4 Å². The number of nitrogens with one attached hydrogen (secondary N) is 2. The molecule has 1 saturated heterocycles. The maximum atomic E-state index is 12.3. The number of nitrogens with zero attached hydrogens (tertiary/aromatic N) is 4. The second-order valence-corrected chi connectivity index (χ2v) is 7.63. The molecule has 0 aromatic carbocycles. The van der Waals surface area contributed by atoms with Gasteiger partial charge in [0.25, 0.3) is 5.91 Å². The van der Waals surface area contributed by atoms with Gasteiger partial charge in [-0.25, -0.2) is 15.0 Å². The van der Waals surface area contributed by atoms with Crippen molar-refractivity contribution in [3.8, 4) is 0 Å². The van der Waals surface area contributed by atoms with Gasteiger partial charge in [0.15, 0.2) is 0 Å². The van der Waals surface area contributed by atoms with Crippen LogP contribution in [0.4, 0.5) is 5.82 Å². The molecule has 7 heteroatoms. The zero-order chi connectivity index (χ0) is 18.1. The minimum Gasteiger partial charge on any atom is -0.356 e. The summed E-state index contributed by atoms with van der Waals surface area (Å²) in [4.78, 5) is 31.8. The summed E-state index contributed by atoms with van der Waals surface area (Å²) in [6.45, 7) is 6.82. The minimum atomic E-state index is -0.0645. The normalized spacial score (nSPS) is 18.1. The van der Waals surface area contributed by atoms with Gasteiger partial charge in [0.05, 0.1) is 0 Å². The number of piperidine rings is 1. The van der Waals surface area contributed by atoms with Crippen molar-refractivity contribution in [3.05, 3.63) is 35.3 Å². The fourth-order valence-electron chi connectivity index (χ4n) is 3.90. The average Bonchev–Trinajstić information content (AvgIpc) is 3.16. The summed E-state index contributed by atoms with van der Waals surface area (Å²) in [7, 11) is 0. The molecule has 2 aromatic rings. The van der Waals surface area contributed by atoms with Crippen molar-refractivity contribution in [2.24, 2.45) is 5.92 Å². The van der Waals surface area contributed by atoms with Gasteiger partial charge in [0.2, 0.25) is 0 Å². The van der Waals surface area contributed by atoms with E-state index in [4.69, 9.17) is 4.98 Å². The Kier molecular flexibility index (Phi) is 4.61. The van der Waals surface area contributed by atoms with Crippen LogP contribution in [0, 0.1) is 5.92 Å². The summed E-state index contributed by atoms with van der Waals surface area (Å²) in [6.07, 6.45) is 7.38. The number of H-pyrrole nitrogens is 1. The maximum absolute atomic E-state index is 12.3. The smallest absolute Gasteiger partial charge is 0.270 e. The van der Waals surface area contributed by atoms with Crippen LogP contribution >= 0.6 is 0 Å². The van der Waals surface area contributed by atoms with Gasteiger partial charge in [0, 0.05) is 49.9 Å². The molecule has 0 spiro atoms. The van der Waals surface area contributed by atoms with Crippen LogP contribution in [0.2, 0.25) is 0 Å². The second kappa shape index (κ2) is 7.05. The predicted molar refractivity (Wildman–Crippen MR) is 99.4 cm³/mol. The quantitative estimate of drug-likeness (QED) is 0.878. The molecule has 2 aliphatic heterocycles. The Morgan fingerprint density at radius 3 is 2.77 bits per heavy atom. The Labute approximate surface area is 153 Å².